The van der Waals surface area contributed by atoms with Gasteiger partial charge in [0.25, 0.3) is 5.91 Å². The molecule has 5 rings (SSSR count). The Hall–Kier alpha value is -2.50. The first-order valence-corrected chi connectivity index (χ1v) is 10.1. The second-order valence-corrected chi connectivity index (χ2v) is 8.20. The number of nitrogens with one attached hydrogen (secondary N) is 2. The molecule has 1 amide bonds. The predicted molar refractivity (Wildman–Crippen MR) is 110 cm³/mol. The van der Waals surface area contributed by atoms with Gasteiger partial charge in [-0.05, 0) is 73.7 Å². The van der Waals surface area contributed by atoms with Gasteiger partial charge in [0.2, 0.25) is 0 Å². The topological polar surface area (TPSA) is 59.0 Å². The smallest absolute Gasteiger partial charge is 0.290 e. The van der Waals surface area contributed by atoms with Gasteiger partial charge in [-0.2, -0.15) is 5.10 Å². The van der Waals surface area contributed by atoms with Gasteiger partial charge in [-0.15, -0.1) is 0 Å². The molecule has 1 aromatic heterocycles. The van der Waals surface area contributed by atoms with Gasteiger partial charge >= 0.3 is 0 Å². The molecule has 2 aliphatic rings. The van der Waals surface area contributed by atoms with Crippen LogP contribution < -0.4 is 10.9 Å². The molecule has 0 radical (unpaired) electrons. The van der Waals surface area contributed by atoms with Crippen molar-refractivity contribution in [3.8, 4) is 5.69 Å². The molecule has 2 unspecified atom stereocenters. The minimum absolute atomic E-state index is 0.230. The minimum Gasteiger partial charge on any atom is -0.298 e. The van der Waals surface area contributed by atoms with Crippen LogP contribution in [0.5, 0.6) is 0 Å². The molecule has 0 saturated heterocycles. The Labute approximate surface area is 172 Å². The zero-order chi connectivity index (χ0) is 19.3. The van der Waals surface area contributed by atoms with Crippen molar-refractivity contribution < 1.29 is 4.79 Å². The van der Waals surface area contributed by atoms with Crippen molar-refractivity contribution in [3.63, 3.8) is 0 Å². The first-order chi connectivity index (χ1) is 13.6. The Morgan fingerprint density at radius 2 is 1.61 bits per heavy atom. The Balaban J connectivity index is 1.47. The van der Waals surface area contributed by atoms with Crippen molar-refractivity contribution in [1.29, 1.82) is 0 Å². The lowest BCUT2D eigenvalue weighted by Gasteiger charge is -2.14. The quantitative estimate of drug-likeness (QED) is 0.571. The third kappa shape index (κ3) is 2.95. The molecule has 2 bridgehead atoms. The highest BCUT2D eigenvalue weighted by Gasteiger charge is 2.44. The maximum atomic E-state index is 12.9. The summed E-state index contributed by atoms with van der Waals surface area (Å²) in [6.07, 6.45) is 3.38. The highest BCUT2D eigenvalue weighted by molar-refractivity contribution is 6.30. The molecule has 1 heterocycles. The minimum atomic E-state index is -0.230. The van der Waals surface area contributed by atoms with E-state index < -0.39 is 0 Å². The van der Waals surface area contributed by atoms with E-state index in [1.165, 1.54) is 5.69 Å². The van der Waals surface area contributed by atoms with Crippen molar-refractivity contribution in [2.45, 2.75) is 31.1 Å². The fourth-order valence-corrected chi connectivity index (χ4v) is 4.65. The average Bonchev–Trinajstić information content (AvgIpc) is 3.41. The molecule has 7 heteroatoms. The summed E-state index contributed by atoms with van der Waals surface area (Å²) in [4.78, 5) is 12.9. The fraction of sp³-hybridized carbons (Fsp3) is 0.238. The standard InChI is InChI=1S/C21H18Cl2N4O/c22-14-3-7-16(8-4-14)24-25-21(28)19-18-12-1-2-13(11-12)20(18)27(26-19)17-9-5-15(23)6-10-17/h3-10,12-13,24H,1-2,11H2,(H,25,28). The lowest BCUT2D eigenvalue weighted by atomic mass is 9.95. The van der Waals surface area contributed by atoms with Crippen LogP contribution >= 0.6 is 23.2 Å². The number of fused-ring (bicyclic) bond motifs is 5. The summed E-state index contributed by atoms with van der Waals surface area (Å²) in [5.74, 6) is 0.651. The molecular formula is C21H18Cl2N4O. The van der Waals surface area contributed by atoms with E-state index in [9.17, 15) is 4.79 Å². The zero-order valence-corrected chi connectivity index (χ0v) is 16.5. The maximum absolute atomic E-state index is 12.9. The second kappa shape index (κ2) is 6.83. The fourth-order valence-electron chi connectivity index (χ4n) is 4.40. The SMILES string of the molecule is O=C(NNc1ccc(Cl)cc1)c1nn(-c2ccc(Cl)cc2)c2c1C1CCC2C1. The van der Waals surface area contributed by atoms with Crippen LogP contribution in [0.15, 0.2) is 48.5 Å². The Morgan fingerprint density at radius 3 is 2.32 bits per heavy atom. The zero-order valence-electron chi connectivity index (χ0n) is 15.0. The normalized spacial score (nSPS) is 19.5. The highest BCUT2D eigenvalue weighted by Crippen LogP contribution is 2.54. The van der Waals surface area contributed by atoms with E-state index in [-0.39, 0.29) is 5.91 Å². The molecule has 0 spiro atoms. The van der Waals surface area contributed by atoms with E-state index in [2.05, 4.69) is 10.9 Å². The van der Waals surface area contributed by atoms with Gasteiger partial charge in [0.15, 0.2) is 5.69 Å². The number of hydrazine groups is 1. The van der Waals surface area contributed by atoms with Crippen molar-refractivity contribution in [3.05, 3.63) is 75.5 Å². The number of benzene rings is 2. The first kappa shape index (κ1) is 17.6. The maximum Gasteiger partial charge on any atom is 0.290 e. The van der Waals surface area contributed by atoms with Crippen LogP contribution in [-0.4, -0.2) is 15.7 Å². The number of aromatic nitrogens is 2. The summed E-state index contributed by atoms with van der Waals surface area (Å²) in [5, 5.41) is 6.02. The molecule has 2 aromatic carbocycles. The third-order valence-corrected chi connectivity index (χ3v) is 6.14. The van der Waals surface area contributed by atoms with Crippen LogP contribution in [0.2, 0.25) is 10.0 Å². The molecule has 5 nitrogen and oxygen atoms in total. The summed E-state index contributed by atoms with van der Waals surface area (Å²) < 4.78 is 1.92. The van der Waals surface area contributed by atoms with E-state index in [1.807, 2.05) is 28.9 Å². The van der Waals surface area contributed by atoms with Crippen molar-refractivity contribution in [2.75, 3.05) is 5.43 Å². The van der Waals surface area contributed by atoms with Crippen LogP contribution in [0.1, 0.15) is 52.8 Å². The Kier molecular flexibility index (Phi) is 4.29. The van der Waals surface area contributed by atoms with Crippen LogP contribution in [-0.2, 0) is 0 Å². The molecule has 2 aliphatic carbocycles. The molecule has 28 heavy (non-hydrogen) atoms. The van der Waals surface area contributed by atoms with Crippen LogP contribution in [0.3, 0.4) is 0 Å². The van der Waals surface area contributed by atoms with Gasteiger partial charge < -0.3 is 0 Å². The van der Waals surface area contributed by atoms with Crippen molar-refractivity contribution >= 4 is 34.8 Å². The molecule has 1 saturated carbocycles. The molecule has 2 N–H and O–H groups in total. The lowest BCUT2D eigenvalue weighted by molar-refractivity contribution is 0.0956. The number of halogens is 2. The van der Waals surface area contributed by atoms with Gasteiger partial charge in [-0.3, -0.25) is 15.6 Å². The van der Waals surface area contributed by atoms with Crippen LogP contribution in [0.25, 0.3) is 5.69 Å². The van der Waals surface area contributed by atoms with Crippen LogP contribution in [0, 0.1) is 0 Å². The van der Waals surface area contributed by atoms with Crippen molar-refractivity contribution in [1.82, 2.24) is 15.2 Å². The Bertz CT molecular complexity index is 1040. The number of hydrogen-bond donors (Lipinski definition) is 2. The number of rotatable bonds is 4. The largest absolute Gasteiger partial charge is 0.298 e. The van der Waals surface area contributed by atoms with Gasteiger partial charge in [0.05, 0.1) is 17.1 Å². The highest BCUT2D eigenvalue weighted by atomic mass is 35.5. The monoisotopic (exact) mass is 412 g/mol. The van der Waals surface area contributed by atoms with E-state index in [0.29, 0.717) is 27.6 Å². The van der Waals surface area contributed by atoms with Crippen molar-refractivity contribution in [2.24, 2.45) is 0 Å². The van der Waals surface area contributed by atoms with Gasteiger partial charge in [0.1, 0.15) is 0 Å². The number of anilines is 1. The Morgan fingerprint density at radius 1 is 0.964 bits per heavy atom. The van der Waals surface area contributed by atoms with E-state index in [4.69, 9.17) is 28.3 Å². The summed E-state index contributed by atoms with van der Waals surface area (Å²) in [6.45, 7) is 0. The summed E-state index contributed by atoms with van der Waals surface area (Å²) in [6, 6.07) is 14.7. The van der Waals surface area contributed by atoms with Gasteiger partial charge in [0, 0.05) is 21.5 Å². The molecule has 0 aliphatic heterocycles. The number of hydrogen-bond acceptors (Lipinski definition) is 3. The number of nitrogens with zero attached hydrogens (tertiary/aromatic N) is 2. The molecule has 2 atom stereocenters. The van der Waals surface area contributed by atoms with Gasteiger partial charge in [-0.25, -0.2) is 4.68 Å². The molecule has 142 valence electrons. The predicted octanol–water partition coefficient (Wildman–Crippen LogP) is 5.30. The van der Waals surface area contributed by atoms with E-state index in [1.54, 1.807) is 24.3 Å². The van der Waals surface area contributed by atoms with E-state index in [0.717, 1.165) is 36.2 Å². The van der Waals surface area contributed by atoms with Gasteiger partial charge in [-0.1, -0.05) is 23.2 Å². The van der Waals surface area contributed by atoms with E-state index >= 15 is 0 Å². The summed E-state index contributed by atoms with van der Waals surface area (Å²) in [5.41, 5.74) is 10.2. The second-order valence-electron chi connectivity index (χ2n) is 7.33. The summed E-state index contributed by atoms with van der Waals surface area (Å²) in [7, 11) is 0. The van der Waals surface area contributed by atoms with Crippen LogP contribution in [0.4, 0.5) is 5.69 Å². The molecular weight excluding hydrogens is 395 g/mol. The first-order valence-electron chi connectivity index (χ1n) is 9.31. The number of carbonyl (C=O) groups is 1. The molecule has 1 fully saturated rings. The lowest BCUT2D eigenvalue weighted by Crippen LogP contribution is -2.30. The average molecular weight is 413 g/mol. The summed E-state index contributed by atoms with van der Waals surface area (Å²) >= 11 is 11.9. The number of amides is 1. The third-order valence-electron chi connectivity index (χ3n) is 5.64. The molecule has 3 aromatic rings. The number of carbonyl (C=O) groups excluding carboxylic acids is 1.